The van der Waals surface area contributed by atoms with Crippen molar-refractivity contribution >= 4 is 23.5 Å². The zero-order valence-corrected chi connectivity index (χ0v) is 19.9. The van der Waals surface area contributed by atoms with E-state index in [0.717, 1.165) is 22.6 Å². The fourth-order valence-electron chi connectivity index (χ4n) is 4.12. The third kappa shape index (κ3) is 4.76. The normalized spacial score (nSPS) is 20.4. The van der Waals surface area contributed by atoms with Gasteiger partial charge in [-0.3, -0.25) is 0 Å². The fraction of sp³-hybridized carbons (Fsp3) is 0.522. The van der Waals surface area contributed by atoms with Crippen LogP contribution in [-0.2, 0) is 17.6 Å². The van der Waals surface area contributed by atoms with Crippen molar-refractivity contribution in [2.45, 2.75) is 58.7 Å². The molecule has 0 radical (unpaired) electrons. The van der Waals surface area contributed by atoms with E-state index in [-0.39, 0.29) is 18.2 Å². The highest BCUT2D eigenvalue weighted by Gasteiger charge is 2.42. The highest BCUT2D eigenvalue weighted by atomic mass is 35.5. The summed E-state index contributed by atoms with van der Waals surface area (Å²) in [7, 11) is 1.60. The van der Waals surface area contributed by atoms with Gasteiger partial charge >= 0.3 is 6.09 Å². The van der Waals surface area contributed by atoms with Gasteiger partial charge in [-0.05, 0) is 44.9 Å². The lowest BCUT2D eigenvalue weighted by Gasteiger charge is -2.26. The third-order valence-electron chi connectivity index (χ3n) is 5.86. The molecule has 1 aliphatic rings. The Bertz CT molecular complexity index is 971. The summed E-state index contributed by atoms with van der Waals surface area (Å²) in [5.74, 6) is 1.34. The molecule has 2 heterocycles. The van der Waals surface area contributed by atoms with E-state index in [0.29, 0.717) is 42.6 Å². The summed E-state index contributed by atoms with van der Waals surface area (Å²) in [5.41, 5.74) is 3.15. The molecule has 1 unspecified atom stereocenters. The number of aryl methyl sites for hydroxylation is 2. The number of halogens is 1. The van der Waals surface area contributed by atoms with Crippen LogP contribution in [0.1, 0.15) is 39.1 Å². The summed E-state index contributed by atoms with van der Waals surface area (Å²) >= 11 is 6.52. The molecule has 2 aromatic rings. The summed E-state index contributed by atoms with van der Waals surface area (Å²) in [4.78, 5) is 22.9. The van der Waals surface area contributed by atoms with Gasteiger partial charge in [0.1, 0.15) is 11.6 Å². The maximum absolute atomic E-state index is 11.7. The number of carbonyl (C=O) groups is 1. The minimum Gasteiger partial charge on any atom is -0.497 e. The topological polar surface area (TPSA) is 96.8 Å². The van der Waals surface area contributed by atoms with E-state index in [1.165, 1.54) is 4.90 Å². The highest BCUT2D eigenvalue weighted by molar-refractivity contribution is 6.33. The molecule has 174 valence electrons. The second-order valence-electron chi connectivity index (χ2n) is 7.71. The summed E-state index contributed by atoms with van der Waals surface area (Å²) < 4.78 is 11.1. The SMILES string of the molecule is CCO[C@H]1CN(C(=O)O)C(C)[C@H]1Nc1nc(CC)c(-c2ccc(OC)cc2Cl)nc1CC. The van der Waals surface area contributed by atoms with Gasteiger partial charge in [-0.15, -0.1) is 0 Å². The monoisotopic (exact) mass is 462 g/mol. The summed E-state index contributed by atoms with van der Waals surface area (Å²) in [6.07, 6.45) is 0.105. The molecular formula is C23H31ClN4O4. The number of amides is 1. The largest absolute Gasteiger partial charge is 0.497 e. The van der Waals surface area contributed by atoms with Gasteiger partial charge in [0.25, 0.3) is 0 Å². The molecule has 1 aromatic carbocycles. The Kier molecular flexibility index (Phi) is 7.79. The fourth-order valence-corrected chi connectivity index (χ4v) is 4.38. The first-order valence-corrected chi connectivity index (χ1v) is 11.3. The number of benzene rings is 1. The molecule has 1 fully saturated rings. The van der Waals surface area contributed by atoms with Crippen LogP contribution in [0.4, 0.5) is 10.6 Å². The van der Waals surface area contributed by atoms with Crippen molar-refractivity contribution in [3.05, 3.63) is 34.6 Å². The van der Waals surface area contributed by atoms with Crippen molar-refractivity contribution in [2.75, 3.05) is 25.6 Å². The predicted octanol–water partition coefficient (Wildman–Crippen LogP) is 4.50. The first-order valence-electron chi connectivity index (χ1n) is 11.0. The summed E-state index contributed by atoms with van der Waals surface area (Å²) in [5, 5.41) is 13.6. The number of hydrogen-bond acceptors (Lipinski definition) is 6. The van der Waals surface area contributed by atoms with E-state index in [1.54, 1.807) is 13.2 Å². The minimum absolute atomic E-state index is 0.231. The maximum Gasteiger partial charge on any atom is 0.407 e. The van der Waals surface area contributed by atoms with E-state index in [2.05, 4.69) is 5.32 Å². The number of carboxylic acid groups (broad SMARTS) is 1. The minimum atomic E-state index is -0.952. The van der Waals surface area contributed by atoms with Gasteiger partial charge in [-0.25, -0.2) is 14.8 Å². The lowest BCUT2D eigenvalue weighted by Crippen LogP contribution is -2.41. The number of anilines is 1. The van der Waals surface area contributed by atoms with E-state index >= 15 is 0 Å². The first kappa shape index (κ1) is 24.1. The average molecular weight is 463 g/mol. The lowest BCUT2D eigenvalue weighted by atomic mass is 10.1. The van der Waals surface area contributed by atoms with Crippen LogP contribution >= 0.6 is 11.6 Å². The Morgan fingerprint density at radius 1 is 1.25 bits per heavy atom. The van der Waals surface area contributed by atoms with Gasteiger partial charge in [-0.2, -0.15) is 0 Å². The van der Waals surface area contributed by atoms with E-state index in [4.69, 9.17) is 31.0 Å². The second kappa shape index (κ2) is 10.4. The highest BCUT2D eigenvalue weighted by Crippen LogP contribution is 2.34. The first-order chi connectivity index (χ1) is 15.3. The van der Waals surface area contributed by atoms with Crippen LogP contribution in [0.2, 0.25) is 5.02 Å². The van der Waals surface area contributed by atoms with Crippen LogP contribution in [0.5, 0.6) is 5.75 Å². The number of nitrogens with one attached hydrogen (secondary N) is 1. The third-order valence-corrected chi connectivity index (χ3v) is 6.17. The summed E-state index contributed by atoms with van der Waals surface area (Å²) in [6, 6.07) is 5.02. The Morgan fingerprint density at radius 3 is 2.53 bits per heavy atom. The van der Waals surface area contributed by atoms with E-state index in [1.807, 2.05) is 39.8 Å². The molecule has 1 amide bonds. The molecule has 1 aromatic heterocycles. The van der Waals surface area contributed by atoms with Crippen LogP contribution < -0.4 is 10.1 Å². The van der Waals surface area contributed by atoms with Crippen LogP contribution in [0.25, 0.3) is 11.3 Å². The van der Waals surface area contributed by atoms with Crippen molar-refractivity contribution in [3.63, 3.8) is 0 Å². The standard InChI is InChI=1S/C23H31ClN4O4/c1-6-17-21(15-10-9-14(31-5)11-16(15)24)25-18(7-2)22(26-17)27-20-13(4)28(23(29)30)12-19(20)32-8-3/h9-11,13,19-20H,6-8,12H2,1-5H3,(H,26,27)(H,29,30)/t13?,19-,20+/m0/s1. The quantitative estimate of drug-likeness (QED) is 0.596. The number of rotatable bonds is 8. The Hall–Kier alpha value is -2.58. The number of aromatic nitrogens is 2. The Balaban J connectivity index is 2.00. The number of likely N-dealkylation sites (tertiary alicyclic amines) is 1. The average Bonchev–Trinajstić information content (AvgIpc) is 3.09. The lowest BCUT2D eigenvalue weighted by molar-refractivity contribution is 0.0627. The van der Waals surface area contributed by atoms with Crippen LogP contribution in [0.15, 0.2) is 18.2 Å². The number of ether oxygens (including phenoxy) is 2. The van der Waals surface area contributed by atoms with Crippen LogP contribution in [0.3, 0.4) is 0 Å². The van der Waals surface area contributed by atoms with Crippen molar-refractivity contribution in [3.8, 4) is 17.0 Å². The molecule has 0 bridgehead atoms. The molecule has 1 aliphatic heterocycles. The zero-order chi connectivity index (χ0) is 23.4. The van der Waals surface area contributed by atoms with E-state index in [9.17, 15) is 9.90 Å². The van der Waals surface area contributed by atoms with Crippen LogP contribution in [-0.4, -0.2) is 64.5 Å². The van der Waals surface area contributed by atoms with Crippen molar-refractivity contribution < 1.29 is 19.4 Å². The van der Waals surface area contributed by atoms with Crippen molar-refractivity contribution in [2.24, 2.45) is 0 Å². The molecule has 0 spiro atoms. The number of methoxy groups -OCH3 is 1. The smallest absolute Gasteiger partial charge is 0.407 e. The molecule has 3 rings (SSSR count). The molecule has 3 atom stereocenters. The van der Waals surface area contributed by atoms with Gasteiger partial charge in [0, 0.05) is 12.2 Å². The molecule has 32 heavy (non-hydrogen) atoms. The molecule has 0 aliphatic carbocycles. The van der Waals surface area contributed by atoms with Gasteiger partial charge in [-0.1, -0.05) is 25.4 Å². The van der Waals surface area contributed by atoms with Crippen LogP contribution in [0, 0.1) is 0 Å². The predicted molar refractivity (Wildman–Crippen MR) is 125 cm³/mol. The molecule has 8 nitrogen and oxygen atoms in total. The zero-order valence-electron chi connectivity index (χ0n) is 19.2. The molecule has 1 saturated heterocycles. The number of nitrogens with zero attached hydrogens (tertiary/aromatic N) is 3. The van der Waals surface area contributed by atoms with Gasteiger partial charge < -0.3 is 24.8 Å². The molecule has 0 saturated carbocycles. The maximum atomic E-state index is 11.7. The molecule has 9 heteroatoms. The summed E-state index contributed by atoms with van der Waals surface area (Å²) in [6.45, 7) is 8.65. The second-order valence-corrected chi connectivity index (χ2v) is 8.11. The molecular weight excluding hydrogens is 432 g/mol. The van der Waals surface area contributed by atoms with Crippen molar-refractivity contribution in [1.29, 1.82) is 0 Å². The van der Waals surface area contributed by atoms with Gasteiger partial charge in [0.05, 0.1) is 53.9 Å². The molecule has 2 N–H and O–H groups in total. The van der Waals surface area contributed by atoms with Crippen molar-refractivity contribution in [1.82, 2.24) is 14.9 Å². The Labute approximate surface area is 193 Å². The van der Waals surface area contributed by atoms with Gasteiger partial charge in [0.15, 0.2) is 0 Å². The Morgan fingerprint density at radius 2 is 1.97 bits per heavy atom. The van der Waals surface area contributed by atoms with Gasteiger partial charge in [0.2, 0.25) is 0 Å². The number of hydrogen-bond donors (Lipinski definition) is 2. The van der Waals surface area contributed by atoms with E-state index < -0.39 is 6.09 Å².